The van der Waals surface area contributed by atoms with Crippen molar-refractivity contribution in [3.8, 4) is 11.6 Å². The minimum atomic E-state index is -3.45. The Kier molecular flexibility index (Phi) is 3.86. The molecule has 0 atom stereocenters. The number of nitrogens with zero attached hydrogens (tertiary/aromatic N) is 1. The van der Waals surface area contributed by atoms with Crippen LogP contribution in [-0.2, 0) is 9.84 Å². The summed E-state index contributed by atoms with van der Waals surface area (Å²) < 4.78 is 41.9. The van der Waals surface area contributed by atoms with Crippen LogP contribution in [0.5, 0.6) is 11.6 Å². The predicted octanol–water partition coefficient (Wildman–Crippen LogP) is 3.18. The monoisotopic (exact) mass is 345 g/mol. The molecule has 0 saturated heterocycles. The number of sulfone groups is 1. The van der Waals surface area contributed by atoms with Gasteiger partial charge in [-0.05, 0) is 46.3 Å². The zero-order valence-corrected chi connectivity index (χ0v) is 12.2. The van der Waals surface area contributed by atoms with Crippen LogP contribution >= 0.6 is 15.9 Å². The van der Waals surface area contributed by atoms with E-state index in [2.05, 4.69) is 20.9 Å². The lowest BCUT2D eigenvalue weighted by atomic mass is 10.3. The molecule has 0 aliphatic rings. The molecule has 2 aromatic rings. The molecule has 0 spiro atoms. The highest BCUT2D eigenvalue weighted by Gasteiger charge is 2.16. The number of ether oxygens (including phenoxy) is 1. The Hall–Kier alpha value is -1.47. The number of hydrogen-bond acceptors (Lipinski definition) is 4. The number of rotatable bonds is 3. The van der Waals surface area contributed by atoms with Gasteiger partial charge in [0.05, 0.1) is 4.47 Å². The van der Waals surface area contributed by atoms with Crippen LogP contribution in [0.3, 0.4) is 0 Å². The van der Waals surface area contributed by atoms with Gasteiger partial charge in [-0.25, -0.2) is 17.8 Å². The molecule has 100 valence electrons. The molecule has 0 radical (unpaired) electrons. The van der Waals surface area contributed by atoms with Crippen LogP contribution in [-0.4, -0.2) is 19.7 Å². The van der Waals surface area contributed by atoms with Crippen molar-refractivity contribution in [1.29, 1.82) is 0 Å². The normalized spacial score (nSPS) is 11.3. The van der Waals surface area contributed by atoms with Gasteiger partial charge in [0.25, 0.3) is 0 Å². The zero-order chi connectivity index (χ0) is 14.0. The molecule has 1 aromatic heterocycles. The number of hydrogen-bond donors (Lipinski definition) is 0. The van der Waals surface area contributed by atoms with E-state index in [1.807, 2.05) is 0 Å². The van der Waals surface area contributed by atoms with Crippen molar-refractivity contribution in [3.63, 3.8) is 0 Å². The largest absolute Gasteiger partial charge is 0.438 e. The maximum absolute atomic E-state index is 13.1. The van der Waals surface area contributed by atoms with Gasteiger partial charge in [-0.3, -0.25) is 0 Å². The van der Waals surface area contributed by atoms with E-state index < -0.39 is 15.7 Å². The second-order valence-electron chi connectivity index (χ2n) is 3.76. The summed E-state index contributed by atoms with van der Waals surface area (Å²) in [7, 11) is -3.45. The first-order valence-corrected chi connectivity index (χ1v) is 7.84. The fraction of sp³-hybridized carbons (Fsp3) is 0.0833. The Morgan fingerprint density at radius 2 is 2.05 bits per heavy atom. The van der Waals surface area contributed by atoms with E-state index >= 15 is 0 Å². The summed E-state index contributed by atoms with van der Waals surface area (Å²) in [4.78, 5) is 3.86. The lowest BCUT2D eigenvalue weighted by Gasteiger charge is -2.08. The average Bonchev–Trinajstić information content (AvgIpc) is 2.33. The van der Waals surface area contributed by atoms with Gasteiger partial charge in [0.2, 0.25) is 5.88 Å². The van der Waals surface area contributed by atoms with Crippen molar-refractivity contribution in [2.24, 2.45) is 0 Å². The van der Waals surface area contributed by atoms with E-state index in [1.54, 1.807) is 0 Å². The molecule has 0 fully saturated rings. The molecular formula is C12H9BrFNO3S. The van der Waals surface area contributed by atoms with Gasteiger partial charge < -0.3 is 4.74 Å². The standard InChI is InChI=1S/C12H9BrFNO3S/c1-19(16,17)11-3-2-6-15-12(11)18-8-4-5-10(14)9(13)7-8/h2-7H,1H3. The SMILES string of the molecule is CS(=O)(=O)c1cccnc1Oc1ccc(F)c(Br)c1. The predicted molar refractivity (Wildman–Crippen MR) is 71.5 cm³/mol. The van der Waals surface area contributed by atoms with Gasteiger partial charge in [-0.2, -0.15) is 0 Å². The first-order chi connectivity index (χ1) is 8.88. The molecule has 0 bridgehead atoms. The van der Waals surface area contributed by atoms with Crippen molar-refractivity contribution >= 4 is 25.8 Å². The van der Waals surface area contributed by atoms with Crippen LogP contribution in [0, 0.1) is 5.82 Å². The van der Waals surface area contributed by atoms with Crippen LogP contribution in [0.2, 0.25) is 0 Å². The topological polar surface area (TPSA) is 56.3 Å². The molecule has 19 heavy (non-hydrogen) atoms. The van der Waals surface area contributed by atoms with Gasteiger partial charge in [0.1, 0.15) is 16.5 Å². The first-order valence-electron chi connectivity index (χ1n) is 5.16. The molecule has 1 heterocycles. The Morgan fingerprint density at radius 1 is 1.32 bits per heavy atom. The first kappa shape index (κ1) is 14.0. The lowest BCUT2D eigenvalue weighted by molar-refractivity contribution is 0.445. The van der Waals surface area contributed by atoms with Gasteiger partial charge in [0, 0.05) is 12.5 Å². The third-order valence-corrected chi connectivity index (χ3v) is 3.96. The van der Waals surface area contributed by atoms with Crippen molar-refractivity contribution in [1.82, 2.24) is 4.98 Å². The summed E-state index contributed by atoms with van der Waals surface area (Å²) in [5.74, 6) is -0.183. The van der Waals surface area contributed by atoms with Crippen LogP contribution < -0.4 is 4.74 Å². The third-order valence-electron chi connectivity index (χ3n) is 2.24. The summed E-state index contributed by atoms with van der Waals surface area (Å²) >= 11 is 3.02. The molecule has 0 saturated carbocycles. The summed E-state index contributed by atoms with van der Waals surface area (Å²) in [5, 5.41) is 0. The Balaban J connectivity index is 2.41. The van der Waals surface area contributed by atoms with E-state index in [0.717, 1.165) is 6.26 Å². The van der Waals surface area contributed by atoms with Crippen LogP contribution in [0.15, 0.2) is 45.9 Å². The average molecular weight is 346 g/mol. The summed E-state index contributed by atoms with van der Waals surface area (Å²) in [5.41, 5.74) is 0. The van der Waals surface area contributed by atoms with Crippen molar-refractivity contribution in [2.45, 2.75) is 4.90 Å². The maximum atomic E-state index is 13.1. The van der Waals surface area contributed by atoms with Gasteiger partial charge in [-0.15, -0.1) is 0 Å². The van der Waals surface area contributed by atoms with Crippen LogP contribution in [0.25, 0.3) is 0 Å². The number of benzene rings is 1. The van der Waals surface area contributed by atoms with Crippen molar-refractivity contribution < 1.29 is 17.5 Å². The molecule has 4 nitrogen and oxygen atoms in total. The van der Waals surface area contributed by atoms with E-state index in [4.69, 9.17) is 4.74 Å². The molecule has 0 N–H and O–H groups in total. The summed E-state index contributed by atoms with van der Waals surface area (Å²) in [6, 6.07) is 6.90. The van der Waals surface area contributed by atoms with E-state index in [-0.39, 0.29) is 21.0 Å². The van der Waals surface area contributed by atoms with Gasteiger partial charge in [0.15, 0.2) is 9.84 Å². The summed E-state index contributed by atoms with van der Waals surface area (Å²) in [6.45, 7) is 0. The van der Waals surface area contributed by atoms with Gasteiger partial charge in [-0.1, -0.05) is 0 Å². The number of pyridine rings is 1. The minimum Gasteiger partial charge on any atom is -0.438 e. The summed E-state index contributed by atoms with van der Waals surface area (Å²) in [6.07, 6.45) is 2.49. The zero-order valence-electron chi connectivity index (χ0n) is 9.80. The van der Waals surface area contributed by atoms with Gasteiger partial charge >= 0.3 is 0 Å². The minimum absolute atomic E-state index is 0.0181. The quantitative estimate of drug-likeness (QED) is 0.857. The maximum Gasteiger partial charge on any atom is 0.238 e. The Bertz CT molecular complexity index is 719. The van der Waals surface area contributed by atoms with E-state index in [0.29, 0.717) is 0 Å². The molecule has 2 rings (SSSR count). The molecule has 0 amide bonds. The van der Waals surface area contributed by atoms with E-state index in [1.165, 1.54) is 36.5 Å². The third kappa shape index (κ3) is 3.30. The second-order valence-corrected chi connectivity index (χ2v) is 6.60. The van der Waals surface area contributed by atoms with Crippen molar-refractivity contribution in [3.05, 3.63) is 46.8 Å². The molecule has 1 aromatic carbocycles. The highest BCUT2D eigenvalue weighted by atomic mass is 79.9. The van der Waals surface area contributed by atoms with Crippen LogP contribution in [0.1, 0.15) is 0 Å². The second kappa shape index (κ2) is 5.26. The molecule has 7 heteroatoms. The highest BCUT2D eigenvalue weighted by molar-refractivity contribution is 9.10. The number of halogens is 2. The molecular weight excluding hydrogens is 337 g/mol. The molecule has 0 aliphatic carbocycles. The molecule has 0 aliphatic heterocycles. The fourth-order valence-electron chi connectivity index (χ4n) is 1.39. The van der Waals surface area contributed by atoms with Crippen LogP contribution in [0.4, 0.5) is 4.39 Å². The Morgan fingerprint density at radius 3 is 2.68 bits per heavy atom. The molecule has 0 unspecified atom stereocenters. The fourth-order valence-corrected chi connectivity index (χ4v) is 2.48. The highest BCUT2D eigenvalue weighted by Crippen LogP contribution is 2.28. The lowest BCUT2D eigenvalue weighted by Crippen LogP contribution is -2.01. The Labute approximate surface area is 118 Å². The smallest absolute Gasteiger partial charge is 0.238 e. The van der Waals surface area contributed by atoms with E-state index in [9.17, 15) is 12.8 Å². The number of aromatic nitrogens is 1. The van der Waals surface area contributed by atoms with Crippen molar-refractivity contribution in [2.75, 3.05) is 6.26 Å².